The van der Waals surface area contributed by atoms with Crippen molar-refractivity contribution in [1.29, 1.82) is 0 Å². The van der Waals surface area contributed by atoms with Gasteiger partial charge in [0.2, 0.25) is 0 Å². The third kappa shape index (κ3) is 2.81. The molecule has 0 spiro atoms. The first kappa shape index (κ1) is 12.7. The van der Waals surface area contributed by atoms with E-state index in [-0.39, 0.29) is 5.75 Å². The second-order valence-corrected chi connectivity index (χ2v) is 5.19. The predicted octanol–water partition coefficient (Wildman–Crippen LogP) is 2.94. The number of ether oxygens (including phenoxy) is 1. The predicted molar refractivity (Wildman–Crippen MR) is 69.7 cm³/mol. The Morgan fingerprint density at radius 1 is 1.16 bits per heavy atom. The highest BCUT2D eigenvalue weighted by molar-refractivity contribution is 5.47. The van der Waals surface area contributed by atoms with Crippen LogP contribution in [-0.4, -0.2) is 36.7 Å². The van der Waals surface area contributed by atoms with E-state index in [9.17, 15) is 8.78 Å². The quantitative estimate of drug-likeness (QED) is 0.908. The van der Waals surface area contributed by atoms with Crippen molar-refractivity contribution in [1.82, 2.24) is 4.90 Å². The number of halogens is 2. The number of fused-ring (bicyclic) bond motifs is 1. The van der Waals surface area contributed by atoms with Crippen LogP contribution in [0.1, 0.15) is 19.3 Å². The summed E-state index contributed by atoms with van der Waals surface area (Å²) in [5, 5.41) is 3.51. The van der Waals surface area contributed by atoms with Crippen molar-refractivity contribution in [2.24, 2.45) is 0 Å². The fourth-order valence-corrected chi connectivity index (χ4v) is 3.20. The molecular formula is C14H18F2N2O. The summed E-state index contributed by atoms with van der Waals surface area (Å²) in [4.78, 5) is 2.53. The SMILES string of the molecule is FC(F)Oc1ccc(NC2CCN3CCCC23)cc1. The molecule has 2 atom stereocenters. The molecule has 1 aromatic carbocycles. The summed E-state index contributed by atoms with van der Waals surface area (Å²) in [6.45, 7) is -0.389. The second kappa shape index (κ2) is 5.33. The Morgan fingerprint density at radius 2 is 1.95 bits per heavy atom. The topological polar surface area (TPSA) is 24.5 Å². The van der Waals surface area contributed by atoms with Gasteiger partial charge in [-0.3, -0.25) is 4.90 Å². The zero-order chi connectivity index (χ0) is 13.2. The Labute approximate surface area is 111 Å². The minimum Gasteiger partial charge on any atom is -0.435 e. The first-order valence-electron chi connectivity index (χ1n) is 6.78. The summed E-state index contributed by atoms with van der Waals surface area (Å²) >= 11 is 0. The molecule has 3 nitrogen and oxygen atoms in total. The molecule has 0 aromatic heterocycles. The standard InChI is InChI=1S/C14H18F2N2O/c15-14(16)19-11-5-3-10(4-6-11)17-12-7-9-18-8-1-2-13(12)18/h3-6,12-14,17H,1-2,7-9H2. The first-order valence-corrected chi connectivity index (χ1v) is 6.78. The van der Waals surface area contributed by atoms with Crippen LogP contribution < -0.4 is 10.1 Å². The maximum absolute atomic E-state index is 12.1. The monoisotopic (exact) mass is 268 g/mol. The lowest BCUT2D eigenvalue weighted by Gasteiger charge is -2.22. The lowest BCUT2D eigenvalue weighted by atomic mass is 10.1. The molecule has 0 radical (unpaired) electrons. The van der Waals surface area contributed by atoms with Gasteiger partial charge in [-0.2, -0.15) is 8.78 Å². The Morgan fingerprint density at radius 3 is 2.68 bits per heavy atom. The van der Waals surface area contributed by atoms with Crippen LogP contribution in [0, 0.1) is 0 Å². The summed E-state index contributed by atoms with van der Waals surface area (Å²) in [5.41, 5.74) is 0.973. The molecule has 1 N–H and O–H groups in total. The van der Waals surface area contributed by atoms with Gasteiger partial charge in [0.15, 0.2) is 0 Å². The highest BCUT2D eigenvalue weighted by Crippen LogP contribution is 2.30. The van der Waals surface area contributed by atoms with Crippen LogP contribution >= 0.6 is 0 Å². The molecule has 2 aliphatic rings. The molecule has 0 bridgehead atoms. The van der Waals surface area contributed by atoms with Crippen molar-refractivity contribution in [2.45, 2.75) is 38.0 Å². The lowest BCUT2D eigenvalue weighted by molar-refractivity contribution is -0.0498. The molecule has 19 heavy (non-hydrogen) atoms. The van der Waals surface area contributed by atoms with Crippen molar-refractivity contribution < 1.29 is 13.5 Å². The summed E-state index contributed by atoms with van der Waals surface area (Å²) in [7, 11) is 0. The molecule has 1 aromatic rings. The van der Waals surface area contributed by atoms with E-state index in [0.29, 0.717) is 12.1 Å². The number of hydrogen-bond acceptors (Lipinski definition) is 3. The number of benzene rings is 1. The van der Waals surface area contributed by atoms with Crippen LogP contribution in [-0.2, 0) is 0 Å². The van der Waals surface area contributed by atoms with Crippen LogP contribution in [0.3, 0.4) is 0 Å². The minimum absolute atomic E-state index is 0.203. The maximum atomic E-state index is 12.1. The van der Waals surface area contributed by atoms with E-state index in [0.717, 1.165) is 18.7 Å². The zero-order valence-electron chi connectivity index (χ0n) is 10.7. The molecular weight excluding hydrogens is 250 g/mol. The molecule has 2 saturated heterocycles. The van der Waals surface area contributed by atoms with Gasteiger partial charge in [-0.25, -0.2) is 0 Å². The molecule has 2 heterocycles. The first-order chi connectivity index (χ1) is 9.22. The van der Waals surface area contributed by atoms with E-state index in [1.165, 1.54) is 19.4 Å². The van der Waals surface area contributed by atoms with Gasteiger partial charge in [0, 0.05) is 24.3 Å². The largest absolute Gasteiger partial charge is 0.435 e. The van der Waals surface area contributed by atoms with Gasteiger partial charge >= 0.3 is 6.61 Å². The smallest absolute Gasteiger partial charge is 0.387 e. The fraction of sp³-hybridized carbons (Fsp3) is 0.571. The fourth-order valence-electron chi connectivity index (χ4n) is 3.20. The number of hydrogen-bond donors (Lipinski definition) is 1. The molecule has 2 aliphatic heterocycles. The Bertz CT molecular complexity index is 424. The third-order valence-corrected chi connectivity index (χ3v) is 4.04. The number of rotatable bonds is 4. The van der Waals surface area contributed by atoms with Crippen molar-refractivity contribution in [3.05, 3.63) is 24.3 Å². The molecule has 3 rings (SSSR count). The Balaban J connectivity index is 1.60. The Hall–Kier alpha value is -1.36. The molecule has 0 saturated carbocycles. The van der Waals surface area contributed by atoms with E-state index in [4.69, 9.17) is 0 Å². The molecule has 104 valence electrons. The number of alkyl halides is 2. The highest BCUT2D eigenvalue weighted by Gasteiger charge is 2.36. The van der Waals surface area contributed by atoms with Gasteiger partial charge in [0.05, 0.1) is 0 Å². The van der Waals surface area contributed by atoms with Crippen molar-refractivity contribution in [3.63, 3.8) is 0 Å². The van der Waals surface area contributed by atoms with Crippen molar-refractivity contribution in [3.8, 4) is 5.75 Å². The minimum atomic E-state index is -2.76. The van der Waals surface area contributed by atoms with Gasteiger partial charge in [0.25, 0.3) is 0 Å². The Kier molecular flexibility index (Phi) is 3.55. The number of anilines is 1. The average Bonchev–Trinajstić information content (AvgIpc) is 2.96. The average molecular weight is 268 g/mol. The van der Waals surface area contributed by atoms with Gasteiger partial charge in [-0.1, -0.05) is 0 Å². The van der Waals surface area contributed by atoms with Crippen LogP contribution in [0.15, 0.2) is 24.3 Å². The number of nitrogens with zero attached hydrogens (tertiary/aromatic N) is 1. The number of nitrogens with one attached hydrogen (secondary N) is 1. The normalized spacial score (nSPS) is 26.7. The van der Waals surface area contributed by atoms with E-state index >= 15 is 0 Å². The maximum Gasteiger partial charge on any atom is 0.387 e. The van der Waals surface area contributed by atoms with Crippen LogP contribution in [0.25, 0.3) is 0 Å². The third-order valence-electron chi connectivity index (χ3n) is 4.04. The van der Waals surface area contributed by atoms with Crippen LogP contribution in [0.2, 0.25) is 0 Å². The van der Waals surface area contributed by atoms with Gasteiger partial charge < -0.3 is 10.1 Å². The summed E-state index contributed by atoms with van der Waals surface area (Å²) in [6.07, 6.45) is 3.69. The molecule has 0 aliphatic carbocycles. The summed E-state index contributed by atoms with van der Waals surface area (Å²) in [5.74, 6) is 0.203. The van der Waals surface area contributed by atoms with Crippen molar-refractivity contribution >= 4 is 5.69 Å². The van der Waals surface area contributed by atoms with E-state index in [1.54, 1.807) is 24.3 Å². The van der Waals surface area contributed by atoms with Gasteiger partial charge in [0.1, 0.15) is 5.75 Å². The molecule has 2 fully saturated rings. The zero-order valence-corrected chi connectivity index (χ0v) is 10.7. The van der Waals surface area contributed by atoms with Crippen LogP contribution in [0.5, 0.6) is 5.75 Å². The highest BCUT2D eigenvalue weighted by atomic mass is 19.3. The van der Waals surface area contributed by atoms with Crippen molar-refractivity contribution in [2.75, 3.05) is 18.4 Å². The molecule has 0 amide bonds. The van der Waals surface area contributed by atoms with Gasteiger partial charge in [-0.15, -0.1) is 0 Å². The van der Waals surface area contributed by atoms with E-state index in [2.05, 4.69) is 15.0 Å². The van der Waals surface area contributed by atoms with Crippen LogP contribution in [0.4, 0.5) is 14.5 Å². The second-order valence-electron chi connectivity index (χ2n) is 5.19. The van der Waals surface area contributed by atoms with E-state index < -0.39 is 6.61 Å². The van der Waals surface area contributed by atoms with Gasteiger partial charge in [-0.05, 0) is 50.1 Å². The lowest BCUT2D eigenvalue weighted by Crippen LogP contribution is -2.33. The molecule has 2 unspecified atom stereocenters. The van der Waals surface area contributed by atoms with E-state index in [1.807, 2.05) is 0 Å². The summed E-state index contributed by atoms with van der Waals surface area (Å²) in [6, 6.07) is 7.87. The summed E-state index contributed by atoms with van der Waals surface area (Å²) < 4.78 is 28.4. The molecule has 5 heteroatoms.